The summed E-state index contributed by atoms with van der Waals surface area (Å²) < 4.78 is 27.4. The average Bonchev–Trinajstić information content (AvgIpc) is 2.63. The molecule has 0 unspecified atom stereocenters. The van der Waals surface area contributed by atoms with E-state index in [1.807, 2.05) is 6.92 Å². The van der Waals surface area contributed by atoms with Gasteiger partial charge in [-0.2, -0.15) is 13.1 Å². The molecule has 0 aromatic carbocycles. The van der Waals surface area contributed by atoms with E-state index in [4.69, 9.17) is 0 Å². The zero-order valence-corrected chi connectivity index (χ0v) is 18.4. The maximum atomic E-state index is 11.6. The van der Waals surface area contributed by atoms with Gasteiger partial charge >= 0.3 is 10.2 Å². The minimum atomic E-state index is -3.67. The number of carbonyl (C=O) groups is 1. The summed E-state index contributed by atoms with van der Waals surface area (Å²) in [6.45, 7) is 4.46. The van der Waals surface area contributed by atoms with Crippen LogP contribution in [0.4, 0.5) is 0 Å². The first-order valence-electron chi connectivity index (χ1n) is 11.0. The number of hydrogen-bond acceptors (Lipinski definition) is 3. The summed E-state index contributed by atoms with van der Waals surface area (Å²) in [6.07, 6.45) is 21.2. The molecule has 0 heterocycles. The van der Waals surface area contributed by atoms with Gasteiger partial charge in [0, 0.05) is 13.0 Å². The molecule has 0 fully saturated rings. The van der Waals surface area contributed by atoms with Crippen molar-refractivity contribution in [2.45, 2.75) is 110 Å². The molecule has 0 bridgehead atoms. The number of nitrogens with one attached hydrogen (secondary N) is 2. The van der Waals surface area contributed by atoms with E-state index in [0.717, 1.165) is 25.7 Å². The minimum Gasteiger partial charge on any atom is -0.274 e. The summed E-state index contributed by atoms with van der Waals surface area (Å²) in [5.74, 6) is -0.420. The Hall–Kier alpha value is -0.880. The van der Waals surface area contributed by atoms with Crippen LogP contribution in [0.2, 0.25) is 0 Å². The number of rotatable bonds is 19. The van der Waals surface area contributed by atoms with Crippen LogP contribution in [0.25, 0.3) is 0 Å². The number of allylic oxidation sites excluding steroid dienone is 2. The van der Waals surface area contributed by atoms with Gasteiger partial charge in [0.05, 0.1) is 0 Å². The van der Waals surface area contributed by atoms with E-state index in [9.17, 15) is 13.2 Å². The van der Waals surface area contributed by atoms with E-state index in [1.165, 1.54) is 57.8 Å². The summed E-state index contributed by atoms with van der Waals surface area (Å²) in [7, 11) is -3.67. The molecule has 0 saturated heterocycles. The second-order valence-electron chi connectivity index (χ2n) is 7.26. The predicted molar refractivity (Wildman–Crippen MR) is 115 cm³/mol. The van der Waals surface area contributed by atoms with Crippen LogP contribution in [-0.4, -0.2) is 20.9 Å². The number of carbonyl (C=O) groups excluding carboxylic acids is 1. The number of amides is 1. The van der Waals surface area contributed by atoms with Gasteiger partial charge in [0.2, 0.25) is 5.91 Å². The van der Waals surface area contributed by atoms with E-state index in [-0.39, 0.29) is 6.42 Å². The number of unbranched alkanes of at least 4 members (excludes halogenated alkanes) is 11. The molecule has 0 saturated carbocycles. The topological polar surface area (TPSA) is 75.3 Å². The molecular formula is C21H42N2O3S. The van der Waals surface area contributed by atoms with Crippen LogP contribution in [-0.2, 0) is 15.0 Å². The quantitative estimate of drug-likeness (QED) is 0.225. The van der Waals surface area contributed by atoms with Crippen molar-refractivity contribution in [1.82, 2.24) is 9.44 Å². The van der Waals surface area contributed by atoms with Crippen molar-refractivity contribution in [3.63, 3.8) is 0 Å². The smallest absolute Gasteiger partial charge is 0.274 e. The summed E-state index contributed by atoms with van der Waals surface area (Å²) in [6, 6.07) is 0. The van der Waals surface area contributed by atoms with Gasteiger partial charge in [0.1, 0.15) is 0 Å². The second kappa shape index (κ2) is 18.5. The molecule has 27 heavy (non-hydrogen) atoms. The van der Waals surface area contributed by atoms with Crippen LogP contribution >= 0.6 is 0 Å². The van der Waals surface area contributed by atoms with Crippen LogP contribution in [0.5, 0.6) is 0 Å². The highest BCUT2D eigenvalue weighted by atomic mass is 32.2. The first-order valence-corrected chi connectivity index (χ1v) is 12.5. The summed E-state index contributed by atoms with van der Waals surface area (Å²) in [5.41, 5.74) is 0. The maximum absolute atomic E-state index is 11.6. The van der Waals surface area contributed by atoms with E-state index >= 15 is 0 Å². The lowest BCUT2D eigenvalue weighted by molar-refractivity contribution is -0.119. The van der Waals surface area contributed by atoms with Crippen molar-refractivity contribution in [3.8, 4) is 0 Å². The zero-order chi connectivity index (χ0) is 20.2. The Bertz CT molecular complexity index is 476. The van der Waals surface area contributed by atoms with E-state index < -0.39 is 16.1 Å². The van der Waals surface area contributed by atoms with Gasteiger partial charge in [-0.15, -0.1) is 0 Å². The second-order valence-corrected chi connectivity index (χ2v) is 8.76. The summed E-state index contributed by atoms with van der Waals surface area (Å²) >= 11 is 0. The zero-order valence-electron chi connectivity index (χ0n) is 17.6. The van der Waals surface area contributed by atoms with Crippen molar-refractivity contribution < 1.29 is 13.2 Å². The standard InChI is InChI=1S/C21H42N2O3S/c1-3-5-6-7-8-9-10-11-12-13-14-15-16-17-18-19-21(24)23-27(25,26)22-20-4-2/h11-12,22H,3-10,13-20H2,1-2H3,(H,23,24)/b12-11+. The molecule has 0 radical (unpaired) electrons. The fourth-order valence-electron chi connectivity index (χ4n) is 2.83. The third kappa shape index (κ3) is 19.7. The molecule has 0 spiro atoms. The lowest BCUT2D eigenvalue weighted by atomic mass is 10.1. The van der Waals surface area contributed by atoms with Crippen molar-refractivity contribution in [2.24, 2.45) is 0 Å². The molecule has 0 atom stereocenters. The highest BCUT2D eigenvalue weighted by Gasteiger charge is 2.12. The lowest BCUT2D eigenvalue weighted by Crippen LogP contribution is -2.40. The van der Waals surface area contributed by atoms with Gasteiger partial charge in [-0.25, -0.2) is 4.72 Å². The first kappa shape index (κ1) is 26.1. The third-order valence-corrected chi connectivity index (χ3v) is 5.54. The third-order valence-electron chi connectivity index (χ3n) is 4.46. The van der Waals surface area contributed by atoms with Crippen LogP contribution in [0.1, 0.15) is 110 Å². The highest BCUT2D eigenvalue weighted by molar-refractivity contribution is 7.88. The normalized spacial score (nSPS) is 11.9. The monoisotopic (exact) mass is 402 g/mol. The molecule has 6 heteroatoms. The largest absolute Gasteiger partial charge is 0.301 e. The van der Waals surface area contributed by atoms with Crippen molar-refractivity contribution in [3.05, 3.63) is 12.2 Å². The molecule has 1 amide bonds. The van der Waals surface area contributed by atoms with Crippen LogP contribution in [0, 0.1) is 0 Å². The van der Waals surface area contributed by atoms with Gasteiger partial charge in [-0.3, -0.25) is 4.79 Å². The molecule has 0 aromatic heterocycles. The Labute approximate surface area is 168 Å². The Morgan fingerprint density at radius 1 is 0.741 bits per heavy atom. The van der Waals surface area contributed by atoms with E-state index in [1.54, 1.807) is 0 Å². The molecule has 2 N–H and O–H groups in total. The molecule has 0 aliphatic rings. The lowest BCUT2D eigenvalue weighted by Gasteiger charge is -2.07. The van der Waals surface area contributed by atoms with Gasteiger partial charge in [0.15, 0.2) is 0 Å². The number of hydrogen-bond donors (Lipinski definition) is 2. The molecule has 0 rings (SSSR count). The molecule has 160 valence electrons. The van der Waals surface area contributed by atoms with E-state index in [2.05, 4.69) is 28.5 Å². The fourth-order valence-corrected chi connectivity index (χ4v) is 3.78. The Morgan fingerprint density at radius 2 is 1.26 bits per heavy atom. The minimum absolute atomic E-state index is 0.269. The van der Waals surface area contributed by atoms with Gasteiger partial charge in [-0.1, -0.05) is 77.4 Å². The van der Waals surface area contributed by atoms with Crippen LogP contribution in [0.15, 0.2) is 12.2 Å². The molecular weight excluding hydrogens is 360 g/mol. The molecule has 0 aliphatic heterocycles. The van der Waals surface area contributed by atoms with Gasteiger partial charge < -0.3 is 0 Å². The Balaban J connectivity index is 3.42. The molecule has 0 aliphatic carbocycles. The molecule has 5 nitrogen and oxygen atoms in total. The fraction of sp³-hybridized carbons (Fsp3) is 0.857. The van der Waals surface area contributed by atoms with Crippen LogP contribution in [0.3, 0.4) is 0 Å². The summed E-state index contributed by atoms with van der Waals surface area (Å²) in [5, 5.41) is 0. The highest BCUT2D eigenvalue weighted by Crippen LogP contribution is 2.10. The van der Waals surface area contributed by atoms with Crippen LogP contribution < -0.4 is 9.44 Å². The van der Waals surface area contributed by atoms with E-state index in [0.29, 0.717) is 13.0 Å². The Kier molecular flexibility index (Phi) is 17.9. The Morgan fingerprint density at radius 3 is 1.81 bits per heavy atom. The van der Waals surface area contributed by atoms with Gasteiger partial charge in [-0.05, 0) is 38.5 Å². The first-order chi connectivity index (χ1) is 13.0. The van der Waals surface area contributed by atoms with Crippen molar-refractivity contribution >= 4 is 16.1 Å². The summed E-state index contributed by atoms with van der Waals surface area (Å²) in [4.78, 5) is 11.6. The predicted octanol–water partition coefficient (Wildman–Crippen LogP) is 5.38. The van der Waals surface area contributed by atoms with Crippen molar-refractivity contribution in [1.29, 1.82) is 0 Å². The molecule has 0 aromatic rings. The average molecular weight is 403 g/mol. The maximum Gasteiger partial charge on any atom is 0.301 e. The SMILES string of the molecule is CCCCCCCC/C=C/CCCCCCCC(=O)NS(=O)(=O)NCCC. The van der Waals surface area contributed by atoms with Gasteiger partial charge in [0.25, 0.3) is 0 Å². The van der Waals surface area contributed by atoms with Crippen molar-refractivity contribution in [2.75, 3.05) is 6.54 Å².